The Morgan fingerprint density at radius 1 is 0.919 bits per heavy atom. The molecule has 0 amide bonds. The maximum Gasteiger partial charge on any atom is 0.262 e. The van der Waals surface area contributed by atoms with Crippen LogP contribution in [0.2, 0.25) is 0 Å². The van der Waals surface area contributed by atoms with Crippen molar-refractivity contribution < 1.29 is 4.57 Å². The van der Waals surface area contributed by atoms with E-state index < -0.39 is 0 Å². The highest BCUT2D eigenvalue weighted by Crippen LogP contribution is 2.45. The number of hydrogen-bond donors (Lipinski definition) is 0. The highest BCUT2D eigenvalue weighted by atomic mass is 35.5. The minimum absolute atomic E-state index is 0.900. The minimum atomic E-state index is 0.900. The second kappa shape index (κ2) is 12.2. The molecule has 5 heteroatoms. The molecule has 188 valence electrons. The van der Waals surface area contributed by atoms with Crippen LogP contribution in [0.5, 0.6) is 0 Å². The number of allylic oxidation sites excluding steroid dienone is 10. The highest BCUT2D eigenvalue weighted by molar-refractivity contribution is 8.03. The number of nitrogens with zero attached hydrogens (tertiary/aromatic N) is 2. The zero-order valence-electron chi connectivity index (χ0n) is 21.4. The number of para-hydroxylation sites is 2. The van der Waals surface area contributed by atoms with Gasteiger partial charge in [0.2, 0.25) is 5.52 Å². The molecule has 2 nitrogen and oxygen atoms in total. The van der Waals surface area contributed by atoms with Crippen molar-refractivity contribution in [2.24, 2.45) is 0 Å². The lowest BCUT2D eigenvalue weighted by atomic mass is 9.94. The van der Waals surface area contributed by atoms with Gasteiger partial charge in [-0.25, -0.2) is 0 Å². The van der Waals surface area contributed by atoms with Crippen LogP contribution < -0.4 is 9.47 Å². The van der Waals surface area contributed by atoms with Crippen LogP contribution in [-0.4, -0.2) is 6.54 Å². The normalized spacial score (nSPS) is 18.6. The van der Waals surface area contributed by atoms with Crippen LogP contribution in [0.15, 0.2) is 117 Å². The van der Waals surface area contributed by atoms with Crippen molar-refractivity contribution in [2.75, 3.05) is 11.4 Å². The van der Waals surface area contributed by atoms with Crippen molar-refractivity contribution in [1.82, 2.24) is 0 Å². The number of aromatic nitrogens is 1. The van der Waals surface area contributed by atoms with Crippen molar-refractivity contribution >= 4 is 56.7 Å². The van der Waals surface area contributed by atoms with Gasteiger partial charge >= 0.3 is 0 Å². The zero-order chi connectivity index (χ0) is 25.6. The zero-order valence-corrected chi connectivity index (χ0v) is 23.8. The Hall–Kier alpha value is -2.79. The summed E-state index contributed by atoms with van der Waals surface area (Å²) in [4.78, 5) is 3.69. The average Bonchev–Trinajstić information content (AvgIpc) is 3.47. The molecular weight excluding hydrogens is 512 g/mol. The maximum atomic E-state index is 6.83. The van der Waals surface area contributed by atoms with Crippen LogP contribution in [-0.2, 0) is 6.54 Å². The molecule has 2 aliphatic rings. The summed E-state index contributed by atoms with van der Waals surface area (Å²) >= 11 is 10.5. The number of rotatable bonds is 7. The van der Waals surface area contributed by atoms with Crippen LogP contribution in [0, 0.1) is 0 Å². The topological polar surface area (TPSA) is 7.12 Å². The second-order valence-electron chi connectivity index (χ2n) is 8.96. The molecule has 0 unspecified atom stereocenters. The number of thiazole rings is 1. The van der Waals surface area contributed by atoms with Gasteiger partial charge in [0, 0.05) is 28.6 Å². The molecule has 1 aliphatic carbocycles. The van der Waals surface area contributed by atoms with E-state index in [2.05, 4.69) is 120 Å². The first-order valence-electron chi connectivity index (χ1n) is 13.0. The van der Waals surface area contributed by atoms with Gasteiger partial charge in [-0.05, 0) is 68.5 Å². The Morgan fingerprint density at radius 2 is 1.70 bits per heavy atom. The van der Waals surface area contributed by atoms with Gasteiger partial charge in [-0.2, -0.15) is 4.57 Å². The molecule has 0 saturated carbocycles. The predicted molar refractivity (Wildman–Crippen MR) is 163 cm³/mol. The lowest BCUT2D eigenvalue weighted by molar-refractivity contribution is -0.665. The number of thioether (sulfide) groups is 1. The van der Waals surface area contributed by atoms with E-state index in [1.54, 1.807) is 0 Å². The van der Waals surface area contributed by atoms with Crippen molar-refractivity contribution in [1.29, 1.82) is 0 Å². The number of hydrogen-bond acceptors (Lipinski definition) is 3. The molecule has 1 aromatic heterocycles. The lowest BCUT2D eigenvalue weighted by Crippen LogP contribution is -2.33. The van der Waals surface area contributed by atoms with E-state index in [-0.39, 0.29) is 0 Å². The number of aryl methyl sites for hydroxylation is 1. The van der Waals surface area contributed by atoms with Crippen LogP contribution in [0.1, 0.15) is 38.1 Å². The van der Waals surface area contributed by atoms with E-state index in [4.69, 9.17) is 11.6 Å². The van der Waals surface area contributed by atoms with Crippen LogP contribution in [0.3, 0.4) is 0 Å². The number of fused-ring (bicyclic) bond motifs is 2. The fourth-order valence-corrected chi connectivity index (χ4v) is 7.43. The average molecular weight is 544 g/mol. The third-order valence-electron chi connectivity index (χ3n) is 6.66. The molecule has 0 fully saturated rings. The fourth-order valence-electron chi connectivity index (χ4n) is 4.83. The first-order valence-corrected chi connectivity index (χ1v) is 15.0. The van der Waals surface area contributed by atoms with Gasteiger partial charge in [0.1, 0.15) is 11.2 Å². The highest BCUT2D eigenvalue weighted by Gasteiger charge is 2.22. The molecule has 0 saturated heterocycles. The molecule has 0 atom stereocenters. The Bertz CT molecular complexity index is 1470. The van der Waals surface area contributed by atoms with E-state index in [1.165, 1.54) is 42.0 Å². The molecule has 5 rings (SSSR count). The van der Waals surface area contributed by atoms with Crippen molar-refractivity contribution in [2.45, 2.75) is 44.6 Å². The molecule has 1 aliphatic heterocycles. The summed E-state index contributed by atoms with van der Waals surface area (Å²) in [7, 11) is 0. The van der Waals surface area contributed by atoms with Gasteiger partial charge < -0.3 is 4.90 Å². The Morgan fingerprint density at radius 3 is 2.57 bits per heavy atom. The summed E-state index contributed by atoms with van der Waals surface area (Å²) in [6.45, 7) is 6.32. The summed E-state index contributed by atoms with van der Waals surface area (Å²) in [5, 5.41) is 3.43. The lowest BCUT2D eigenvalue weighted by Gasteiger charge is -2.17. The number of benzene rings is 2. The molecule has 0 N–H and O–H groups in total. The molecule has 2 heterocycles. The van der Waals surface area contributed by atoms with E-state index in [1.807, 2.05) is 23.1 Å². The van der Waals surface area contributed by atoms with Gasteiger partial charge in [0.05, 0.1) is 10.7 Å². The van der Waals surface area contributed by atoms with Gasteiger partial charge in [-0.3, -0.25) is 0 Å². The molecule has 0 radical (unpaired) electrons. The van der Waals surface area contributed by atoms with Crippen LogP contribution in [0.4, 0.5) is 5.69 Å². The summed E-state index contributed by atoms with van der Waals surface area (Å²) in [6, 6.07) is 17.2. The quantitative estimate of drug-likeness (QED) is 0.216. The molecular formula is C32H32ClN2S2+. The monoisotopic (exact) mass is 543 g/mol. The third-order valence-corrected chi connectivity index (χ3v) is 9.40. The molecule has 37 heavy (non-hydrogen) atoms. The Balaban J connectivity index is 1.27. The first kappa shape index (κ1) is 25.8. The molecule has 2 aromatic carbocycles. The summed E-state index contributed by atoms with van der Waals surface area (Å²) in [5.74, 6) is 0. The summed E-state index contributed by atoms with van der Waals surface area (Å²) in [6.07, 6.45) is 20.4. The number of anilines is 1. The fraction of sp³-hybridized carbons (Fsp3) is 0.219. The third kappa shape index (κ3) is 5.72. The van der Waals surface area contributed by atoms with Crippen molar-refractivity contribution in [3.8, 4) is 0 Å². The van der Waals surface area contributed by atoms with E-state index in [0.29, 0.717) is 0 Å². The van der Waals surface area contributed by atoms with E-state index >= 15 is 0 Å². The van der Waals surface area contributed by atoms with Crippen molar-refractivity contribution in [3.63, 3.8) is 0 Å². The smallest absolute Gasteiger partial charge is 0.262 e. The van der Waals surface area contributed by atoms with Crippen molar-refractivity contribution in [3.05, 3.63) is 117 Å². The van der Waals surface area contributed by atoms with Gasteiger partial charge in [0.15, 0.2) is 0 Å². The second-order valence-corrected chi connectivity index (χ2v) is 11.5. The maximum absolute atomic E-state index is 6.83. The Labute approximate surface area is 233 Å². The van der Waals surface area contributed by atoms with Gasteiger partial charge in [-0.1, -0.05) is 95.4 Å². The summed E-state index contributed by atoms with van der Waals surface area (Å²) < 4.78 is 3.69. The molecule has 3 aromatic rings. The van der Waals surface area contributed by atoms with E-state index in [0.717, 1.165) is 37.4 Å². The predicted octanol–water partition coefficient (Wildman–Crippen LogP) is 9.41. The molecule has 0 bridgehead atoms. The standard InChI is InChI=1S/C32H32ClN2S2/c1-3-34-26-18-7-9-20-28(26)36-30(34)22-11-5-14-24-16-13-17-25(32(24)33)15-6-12-23-31-35(4-2)27-19-8-10-21-29(27)37-31/h5-12,14-15,18-23H,3-4,13,16-17H2,1-2H3/q+1. The van der Waals surface area contributed by atoms with Gasteiger partial charge in [0.25, 0.3) is 5.01 Å². The van der Waals surface area contributed by atoms with Crippen LogP contribution in [0.25, 0.3) is 16.3 Å². The van der Waals surface area contributed by atoms with Gasteiger partial charge in [-0.15, -0.1) is 0 Å². The molecule has 0 spiro atoms. The largest absolute Gasteiger partial charge is 0.335 e. The number of halogens is 1. The SMILES string of the molecule is CCN1C(=CC=CC=C2CCCC(C=CC=Cc3sc4ccccc4[n+]3CC)=C2Cl)Sc2ccccc21. The summed E-state index contributed by atoms with van der Waals surface area (Å²) in [5.41, 5.74) is 5.03. The Kier molecular flexibility index (Phi) is 8.50. The van der Waals surface area contributed by atoms with Crippen LogP contribution >= 0.6 is 34.7 Å². The first-order chi connectivity index (χ1) is 18.2. The minimum Gasteiger partial charge on any atom is -0.335 e. The van der Waals surface area contributed by atoms with E-state index in [9.17, 15) is 0 Å².